The van der Waals surface area contributed by atoms with Crippen LogP contribution in [0.15, 0.2) is 18.2 Å². The van der Waals surface area contributed by atoms with Gasteiger partial charge in [-0.05, 0) is 48.8 Å². The highest BCUT2D eigenvalue weighted by Crippen LogP contribution is 2.31. The summed E-state index contributed by atoms with van der Waals surface area (Å²) in [5, 5.41) is 3.63. The minimum atomic E-state index is 0.142. The molecule has 0 radical (unpaired) electrons. The van der Waals surface area contributed by atoms with Crippen LogP contribution >= 0.6 is 11.8 Å². The smallest absolute Gasteiger partial charge is 0.223 e. The van der Waals surface area contributed by atoms with Crippen molar-refractivity contribution in [3.63, 3.8) is 0 Å². The van der Waals surface area contributed by atoms with Crippen LogP contribution in [0.5, 0.6) is 0 Å². The largest absolute Gasteiger partial charge is 0.381 e. The molecule has 0 aliphatic carbocycles. The van der Waals surface area contributed by atoms with Gasteiger partial charge in [0.2, 0.25) is 5.91 Å². The number of thioether (sulfide) groups is 1. The maximum atomic E-state index is 11.5. The fourth-order valence-corrected chi connectivity index (χ4v) is 3.98. The van der Waals surface area contributed by atoms with Gasteiger partial charge in [-0.25, -0.2) is 0 Å². The number of benzene rings is 1. The molecule has 0 aromatic heterocycles. The second-order valence-electron chi connectivity index (χ2n) is 5.32. The van der Waals surface area contributed by atoms with Crippen LogP contribution in [0.3, 0.4) is 0 Å². The molecule has 1 aromatic carbocycles. The molecule has 1 fully saturated rings. The van der Waals surface area contributed by atoms with Gasteiger partial charge in [0, 0.05) is 36.6 Å². The van der Waals surface area contributed by atoms with E-state index in [0.717, 1.165) is 18.7 Å². The van der Waals surface area contributed by atoms with E-state index < -0.39 is 0 Å². The van der Waals surface area contributed by atoms with E-state index in [1.165, 1.54) is 35.6 Å². The summed E-state index contributed by atoms with van der Waals surface area (Å²) >= 11 is 2.04. The molecule has 4 heteroatoms. The average molecular weight is 276 g/mol. The lowest BCUT2D eigenvalue weighted by Gasteiger charge is -2.24. The van der Waals surface area contributed by atoms with Crippen molar-refractivity contribution >= 4 is 29.0 Å². The van der Waals surface area contributed by atoms with Gasteiger partial charge < -0.3 is 10.2 Å². The first-order chi connectivity index (χ1) is 9.24. The Bertz CT molecular complexity index is 483. The van der Waals surface area contributed by atoms with Crippen LogP contribution in [0, 0.1) is 0 Å². The molecule has 0 saturated carbocycles. The molecule has 1 amide bonds. The van der Waals surface area contributed by atoms with Crippen molar-refractivity contribution in [2.75, 3.05) is 28.3 Å². The van der Waals surface area contributed by atoms with Gasteiger partial charge in [0.1, 0.15) is 0 Å². The van der Waals surface area contributed by atoms with E-state index in [0.29, 0.717) is 6.04 Å². The Hall–Kier alpha value is -1.16. The molecule has 19 heavy (non-hydrogen) atoms. The molecule has 3 rings (SSSR count). The highest BCUT2D eigenvalue weighted by Gasteiger charge is 2.22. The van der Waals surface area contributed by atoms with Gasteiger partial charge in [-0.2, -0.15) is 11.8 Å². The lowest BCUT2D eigenvalue weighted by Crippen LogP contribution is -2.26. The van der Waals surface area contributed by atoms with E-state index in [1.807, 2.05) is 16.7 Å². The van der Waals surface area contributed by atoms with Crippen molar-refractivity contribution in [3.8, 4) is 0 Å². The number of fused-ring (bicyclic) bond motifs is 1. The van der Waals surface area contributed by atoms with Crippen molar-refractivity contribution in [2.24, 2.45) is 0 Å². The molecule has 1 saturated heterocycles. The van der Waals surface area contributed by atoms with E-state index in [-0.39, 0.29) is 5.91 Å². The summed E-state index contributed by atoms with van der Waals surface area (Å²) in [6, 6.07) is 7.01. The lowest BCUT2D eigenvalue weighted by molar-refractivity contribution is -0.116. The van der Waals surface area contributed by atoms with Crippen molar-refractivity contribution in [1.82, 2.24) is 0 Å². The summed E-state index contributed by atoms with van der Waals surface area (Å²) in [4.78, 5) is 13.4. The molecule has 0 spiro atoms. The number of nitrogens with zero attached hydrogens (tertiary/aromatic N) is 1. The Morgan fingerprint density at radius 1 is 1.47 bits per heavy atom. The Morgan fingerprint density at radius 3 is 3.11 bits per heavy atom. The third kappa shape index (κ3) is 2.73. The number of hydrogen-bond acceptors (Lipinski definition) is 3. The lowest BCUT2D eigenvalue weighted by atomic mass is 10.1. The quantitative estimate of drug-likeness (QED) is 0.901. The van der Waals surface area contributed by atoms with Gasteiger partial charge in [0.25, 0.3) is 0 Å². The summed E-state index contributed by atoms with van der Waals surface area (Å²) in [5.74, 6) is 2.65. The molecule has 2 aliphatic rings. The predicted octanol–water partition coefficient (Wildman–Crippen LogP) is 2.90. The van der Waals surface area contributed by atoms with Gasteiger partial charge in [-0.15, -0.1) is 0 Å². The molecule has 1 aromatic rings. The van der Waals surface area contributed by atoms with Gasteiger partial charge in [-0.1, -0.05) is 0 Å². The predicted molar refractivity (Wildman–Crippen MR) is 82.1 cm³/mol. The Kier molecular flexibility index (Phi) is 3.69. The van der Waals surface area contributed by atoms with Gasteiger partial charge in [0.05, 0.1) is 0 Å². The number of rotatable bonds is 2. The van der Waals surface area contributed by atoms with Crippen molar-refractivity contribution in [3.05, 3.63) is 23.8 Å². The summed E-state index contributed by atoms with van der Waals surface area (Å²) in [5.41, 5.74) is 3.59. The van der Waals surface area contributed by atoms with Gasteiger partial charge in [-0.3, -0.25) is 4.79 Å². The molecule has 1 unspecified atom stereocenters. The molecule has 0 bridgehead atoms. The summed E-state index contributed by atoms with van der Waals surface area (Å²) < 4.78 is 0. The Labute approximate surface area is 118 Å². The SMILES string of the molecule is CC(=O)N1CCc2cc(NC3CCCSC3)ccc21. The summed E-state index contributed by atoms with van der Waals surface area (Å²) in [7, 11) is 0. The monoisotopic (exact) mass is 276 g/mol. The first kappa shape index (κ1) is 12.9. The molecule has 3 nitrogen and oxygen atoms in total. The fraction of sp³-hybridized carbons (Fsp3) is 0.533. The number of hydrogen-bond donors (Lipinski definition) is 1. The van der Waals surface area contributed by atoms with Crippen molar-refractivity contribution in [2.45, 2.75) is 32.2 Å². The highest BCUT2D eigenvalue weighted by atomic mass is 32.2. The number of amides is 1. The van der Waals surface area contributed by atoms with Crippen LogP contribution in [-0.4, -0.2) is 30.0 Å². The number of carbonyl (C=O) groups excluding carboxylic acids is 1. The number of carbonyl (C=O) groups is 1. The fourth-order valence-electron chi connectivity index (χ4n) is 2.91. The van der Waals surface area contributed by atoms with E-state index >= 15 is 0 Å². The first-order valence-corrected chi connectivity index (χ1v) is 8.15. The minimum Gasteiger partial charge on any atom is -0.381 e. The molecule has 2 aliphatic heterocycles. The third-order valence-corrected chi connectivity index (χ3v) is 5.10. The van der Waals surface area contributed by atoms with Crippen molar-refractivity contribution < 1.29 is 4.79 Å². The second kappa shape index (κ2) is 5.45. The maximum absolute atomic E-state index is 11.5. The number of nitrogens with one attached hydrogen (secondary N) is 1. The van der Waals surface area contributed by atoms with Gasteiger partial charge >= 0.3 is 0 Å². The zero-order valence-electron chi connectivity index (χ0n) is 11.3. The second-order valence-corrected chi connectivity index (χ2v) is 6.47. The van der Waals surface area contributed by atoms with Crippen LogP contribution in [0.25, 0.3) is 0 Å². The molecule has 102 valence electrons. The molecule has 2 heterocycles. The van der Waals surface area contributed by atoms with Crippen LogP contribution < -0.4 is 10.2 Å². The minimum absolute atomic E-state index is 0.142. The Morgan fingerprint density at radius 2 is 2.37 bits per heavy atom. The standard InChI is InChI=1S/C15H20N2OS/c1-11(18)17-7-6-12-9-13(4-5-15(12)17)16-14-3-2-8-19-10-14/h4-5,9,14,16H,2-3,6-8,10H2,1H3. The van der Waals surface area contributed by atoms with E-state index in [4.69, 9.17) is 0 Å². The molecular formula is C15H20N2OS. The zero-order valence-corrected chi connectivity index (χ0v) is 12.1. The van der Waals surface area contributed by atoms with E-state index in [2.05, 4.69) is 23.5 Å². The topological polar surface area (TPSA) is 32.3 Å². The Balaban J connectivity index is 1.73. The van der Waals surface area contributed by atoms with Crippen molar-refractivity contribution in [1.29, 1.82) is 0 Å². The third-order valence-electron chi connectivity index (χ3n) is 3.89. The summed E-state index contributed by atoms with van der Waals surface area (Å²) in [6.07, 6.45) is 3.55. The van der Waals surface area contributed by atoms with Crippen LogP contribution in [0.2, 0.25) is 0 Å². The first-order valence-electron chi connectivity index (χ1n) is 6.99. The average Bonchev–Trinajstić information content (AvgIpc) is 2.83. The highest BCUT2D eigenvalue weighted by molar-refractivity contribution is 7.99. The van der Waals surface area contributed by atoms with Crippen LogP contribution in [0.1, 0.15) is 25.3 Å². The van der Waals surface area contributed by atoms with Crippen LogP contribution in [0.4, 0.5) is 11.4 Å². The molecule has 1 atom stereocenters. The molecular weight excluding hydrogens is 256 g/mol. The summed E-state index contributed by atoms with van der Waals surface area (Å²) in [6.45, 7) is 2.47. The van der Waals surface area contributed by atoms with E-state index in [1.54, 1.807) is 6.92 Å². The maximum Gasteiger partial charge on any atom is 0.223 e. The normalized spacial score (nSPS) is 22.2. The van der Waals surface area contributed by atoms with Crippen LogP contribution in [-0.2, 0) is 11.2 Å². The zero-order chi connectivity index (χ0) is 13.2. The number of anilines is 2. The van der Waals surface area contributed by atoms with Gasteiger partial charge in [0.15, 0.2) is 0 Å². The van der Waals surface area contributed by atoms with E-state index in [9.17, 15) is 4.79 Å². The molecule has 1 N–H and O–H groups in total.